The smallest absolute Gasteiger partial charge is 0.121 e. The third-order valence-corrected chi connectivity index (χ3v) is 3.71. The van der Waals surface area contributed by atoms with E-state index in [-0.39, 0.29) is 0 Å². The van der Waals surface area contributed by atoms with Crippen LogP contribution in [0.1, 0.15) is 12.8 Å². The van der Waals surface area contributed by atoms with Gasteiger partial charge in [0.15, 0.2) is 0 Å². The molecule has 1 saturated heterocycles. The summed E-state index contributed by atoms with van der Waals surface area (Å²) < 4.78 is 5.91. The number of hydrogen-bond donors (Lipinski definition) is 1. The van der Waals surface area contributed by atoms with Gasteiger partial charge in [0.25, 0.3) is 0 Å². The Hall–Kier alpha value is -1.26. The van der Waals surface area contributed by atoms with Crippen molar-refractivity contribution >= 4 is 5.69 Å². The lowest BCUT2D eigenvalue weighted by Gasteiger charge is -2.26. The van der Waals surface area contributed by atoms with E-state index in [4.69, 9.17) is 10.5 Å². The molecule has 2 rings (SSSR count). The summed E-state index contributed by atoms with van der Waals surface area (Å²) in [6.07, 6.45) is 2.57. The van der Waals surface area contributed by atoms with E-state index < -0.39 is 0 Å². The molecule has 0 bridgehead atoms. The highest BCUT2D eigenvalue weighted by Gasteiger charge is 2.21. The molecule has 1 fully saturated rings. The molecule has 1 aliphatic rings. The molecular weight excluding hydrogens is 238 g/mol. The molecule has 0 spiro atoms. The monoisotopic (exact) mass is 263 g/mol. The van der Waals surface area contributed by atoms with Crippen molar-refractivity contribution < 1.29 is 4.74 Å². The third-order valence-electron chi connectivity index (χ3n) is 3.71. The van der Waals surface area contributed by atoms with Crippen LogP contribution >= 0.6 is 0 Å². The van der Waals surface area contributed by atoms with Gasteiger partial charge in [-0.05, 0) is 38.1 Å². The van der Waals surface area contributed by atoms with Crippen molar-refractivity contribution in [1.29, 1.82) is 0 Å². The zero-order chi connectivity index (χ0) is 13.7. The Bertz CT molecular complexity index is 389. The van der Waals surface area contributed by atoms with Crippen molar-refractivity contribution in [3.05, 3.63) is 24.3 Å². The fourth-order valence-corrected chi connectivity index (χ4v) is 2.47. The second kappa shape index (κ2) is 6.78. The first-order chi connectivity index (χ1) is 9.20. The largest absolute Gasteiger partial charge is 0.492 e. The van der Waals surface area contributed by atoms with E-state index in [2.05, 4.69) is 21.9 Å². The Morgan fingerprint density at radius 1 is 1.32 bits per heavy atom. The average molecular weight is 263 g/mol. The van der Waals surface area contributed by atoms with Gasteiger partial charge in [0.05, 0.1) is 6.04 Å². The fourth-order valence-electron chi connectivity index (χ4n) is 2.47. The van der Waals surface area contributed by atoms with Gasteiger partial charge >= 0.3 is 0 Å². The first-order valence-corrected chi connectivity index (χ1v) is 7.05. The molecule has 0 aliphatic carbocycles. The number of nitrogens with two attached hydrogens (primary N) is 1. The third kappa shape index (κ3) is 3.85. The predicted octanol–water partition coefficient (Wildman–Crippen LogP) is 1.55. The maximum Gasteiger partial charge on any atom is 0.121 e. The van der Waals surface area contributed by atoms with Crippen LogP contribution in [-0.2, 0) is 0 Å². The Morgan fingerprint density at radius 3 is 2.68 bits per heavy atom. The van der Waals surface area contributed by atoms with E-state index in [1.54, 1.807) is 0 Å². The summed E-state index contributed by atoms with van der Waals surface area (Å²) >= 11 is 0. The van der Waals surface area contributed by atoms with Gasteiger partial charge in [-0.1, -0.05) is 6.07 Å². The first kappa shape index (κ1) is 14.2. The average Bonchev–Trinajstić information content (AvgIpc) is 2.94. The Labute approximate surface area is 116 Å². The van der Waals surface area contributed by atoms with Gasteiger partial charge in [0.1, 0.15) is 12.4 Å². The second-order valence-electron chi connectivity index (χ2n) is 5.34. The maximum atomic E-state index is 5.91. The molecule has 0 saturated carbocycles. The molecule has 1 aromatic rings. The van der Waals surface area contributed by atoms with E-state index in [0.29, 0.717) is 19.2 Å². The van der Waals surface area contributed by atoms with Gasteiger partial charge in [-0.2, -0.15) is 0 Å². The minimum Gasteiger partial charge on any atom is -0.492 e. The minimum absolute atomic E-state index is 0.338. The Balaban J connectivity index is 1.91. The van der Waals surface area contributed by atoms with Crippen molar-refractivity contribution in [2.75, 3.05) is 45.2 Å². The molecule has 1 heterocycles. The van der Waals surface area contributed by atoms with E-state index in [1.807, 2.05) is 26.2 Å². The SMILES string of the molecule is CN(C)c1cccc(OCC(CN)N2CCCC2)c1. The number of likely N-dealkylation sites (tertiary alicyclic amines) is 1. The minimum atomic E-state index is 0.338. The van der Waals surface area contributed by atoms with Crippen molar-refractivity contribution in [2.24, 2.45) is 5.73 Å². The molecule has 1 aliphatic heterocycles. The highest BCUT2D eigenvalue weighted by atomic mass is 16.5. The molecule has 2 N–H and O–H groups in total. The molecule has 1 atom stereocenters. The van der Waals surface area contributed by atoms with Crippen LogP contribution in [0.5, 0.6) is 5.75 Å². The van der Waals surface area contributed by atoms with Crippen LogP contribution in [0.4, 0.5) is 5.69 Å². The maximum absolute atomic E-state index is 5.91. The normalized spacial score (nSPS) is 17.4. The number of rotatable bonds is 6. The predicted molar refractivity (Wildman–Crippen MR) is 79.9 cm³/mol. The zero-order valence-electron chi connectivity index (χ0n) is 12.0. The molecule has 4 heteroatoms. The van der Waals surface area contributed by atoms with Gasteiger partial charge < -0.3 is 15.4 Å². The summed E-state index contributed by atoms with van der Waals surface area (Å²) in [7, 11) is 4.07. The van der Waals surface area contributed by atoms with Gasteiger partial charge in [-0.3, -0.25) is 4.90 Å². The summed E-state index contributed by atoms with van der Waals surface area (Å²) in [6.45, 7) is 3.65. The standard InChI is InChI=1S/C15H25N3O/c1-17(2)13-6-5-7-15(10-13)19-12-14(11-16)18-8-3-4-9-18/h5-7,10,14H,3-4,8-9,11-12,16H2,1-2H3. The number of ether oxygens (including phenoxy) is 1. The van der Waals surface area contributed by atoms with Crippen molar-refractivity contribution in [3.63, 3.8) is 0 Å². The molecule has 0 aromatic heterocycles. The molecule has 1 aromatic carbocycles. The highest BCUT2D eigenvalue weighted by Crippen LogP contribution is 2.20. The van der Waals surface area contributed by atoms with Crippen LogP contribution in [0, 0.1) is 0 Å². The molecule has 1 unspecified atom stereocenters. The van der Waals surface area contributed by atoms with Gasteiger partial charge in [0, 0.05) is 32.4 Å². The summed E-state index contributed by atoms with van der Waals surface area (Å²) in [5.74, 6) is 0.920. The molecule has 0 radical (unpaired) electrons. The topological polar surface area (TPSA) is 41.7 Å². The van der Waals surface area contributed by atoms with Crippen molar-refractivity contribution in [2.45, 2.75) is 18.9 Å². The van der Waals surface area contributed by atoms with E-state index in [0.717, 1.165) is 24.5 Å². The van der Waals surface area contributed by atoms with Crippen LogP contribution in [0.15, 0.2) is 24.3 Å². The Kier molecular flexibility index (Phi) is 5.05. The summed E-state index contributed by atoms with van der Waals surface area (Å²) in [4.78, 5) is 4.52. The zero-order valence-corrected chi connectivity index (χ0v) is 12.0. The van der Waals surface area contributed by atoms with Gasteiger partial charge in [-0.15, -0.1) is 0 Å². The summed E-state index contributed by atoms with van der Waals surface area (Å²) in [5.41, 5.74) is 7.02. The lowest BCUT2D eigenvalue weighted by molar-refractivity contribution is 0.165. The molecule has 4 nitrogen and oxygen atoms in total. The quantitative estimate of drug-likeness (QED) is 0.845. The second-order valence-corrected chi connectivity index (χ2v) is 5.34. The van der Waals surface area contributed by atoms with Crippen LogP contribution < -0.4 is 15.4 Å². The lowest BCUT2D eigenvalue weighted by Crippen LogP contribution is -2.42. The van der Waals surface area contributed by atoms with E-state index in [1.165, 1.54) is 12.8 Å². The molecule has 106 valence electrons. The number of benzene rings is 1. The molecule has 0 amide bonds. The summed E-state index contributed by atoms with van der Waals surface area (Å²) in [6, 6.07) is 8.51. The van der Waals surface area contributed by atoms with Gasteiger partial charge in [0.2, 0.25) is 0 Å². The summed E-state index contributed by atoms with van der Waals surface area (Å²) in [5, 5.41) is 0. The van der Waals surface area contributed by atoms with E-state index in [9.17, 15) is 0 Å². The van der Waals surface area contributed by atoms with Crippen LogP contribution in [0.3, 0.4) is 0 Å². The first-order valence-electron chi connectivity index (χ1n) is 7.05. The Morgan fingerprint density at radius 2 is 2.05 bits per heavy atom. The van der Waals surface area contributed by atoms with Gasteiger partial charge in [-0.25, -0.2) is 0 Å². The lowest BCUT2D eigenvalue weighted by atomic mass is 10.2. The fraction of sp³-hybridized carbons (Fsp3) is 0.600. The highest BCUT2D eigenvalue weighted by molar-refractivity contribution is 5.49. The van der Waals surface area contributed by atoms with Crippen LogP contribution in [0.25, 0.3) is 0 Å². The van der Waals surface area contributed by atoms with Crippen molar-refractivity contribution in [1.82, 2.24) is 4.90 Å². The van der Waals surface area contributed by atoms with E-state index >= 15 is 0 Å². The van der Waals surface area contributed by atoms with Crippen LogP contribution in [0.2, 0.25) is 0 Å². The molecule has 19 heavy (non-hydrogen) atoms. The number of nitrogens with zero attached hydrogens (tertiary/aromatic N) is 2. The molecular formula is C15H25N3O. The van der Waals surface area contributed by atoms with Crippen LogP contribution in [-0.4, -0.2) is 51.3 Å². The number of anilines is 1. The number of hydrogen-bond acceptors (Lipinski definition) is 4. The van der Waals surface area contributed by atoms with Crippen molar-refractivity contribution in [3.8, 4) is 5.75 Å².